The molecule has 0 amide bonds. The summed E-state index contributed by atoms with van der Waals surface area (Å²) < 4.78 is 0. The van der Waals surface area contributed by atoms with Gasteiger partial charge < -0.3 is 10.2 Å². The monoisotopic (exact) mass is 333 g/mol. The predicted molar refractivity (Wildman–Crippen MR) is 108 cm³/mol. The molecule has 24 heavy (non-hydrogen) atoms. The minimum Gasteiger partial charge on any atom is -0.314 e. The molecule has 0 spiro atoms. The van der Waals surface area contributed by atoms with Gasteiger partial charge in [0.2, 0.25) is 0 Å². The van der Waals surface area contributed by atoms with Gasteiger partial charge in [-0.05, 0) is 38.8 Å². The molecule has 1 atom stereocenters. The number of likely N-dealkylation sites (N-methyl/N-ethyl adjacent to an activating group) is 1. The largest absolute Gasteiger partial charge is 0.314 e. The van der Waals surface area contributed by atoms with E-state index in [0.29, 0.717) is 5.92 Å². The molecule has 0 radical (unpaired) electrons. The number of hydrogen-bond acceptors (Lipinski definition) is 3. The van der Waals surface area contributed by atoms with Crippen LogP contribution in [-0.4, -0.2) is 62.7 Å². The van der Waals surface area contributed by atoms with Crippen LogP contribution < -0.4 is 5.32 Å². The lowest BCUT2D eigenvalue weighted by Gasteiger charge is -2.29. The van der Waals surface area contributed by atoms with Crippen molar-refractivity contribution in [1.82, 2.24) is 15.1 Å². The first kappa shape index (κ1) is 21.1. The fourth-order valence-corrected chi connectivity index (χ4v) is 2.66. The zero-order valence-corrected chi connectivity index (χ0v) is 16.6. The third-order valence-corrected chi connectivity index (χ3v) is 4.92. The lowest BCUT2D eigenvalue weighted by atomic mass is 10.1. The molecule has 1 heterocycles. The van der Waals surface area contributed by atoms with Crippen molar-refractivity contribution in [2.24, 2.45) is 5.92 Å². The predicted octanol–water partition coefficient (Wildman–Crippen LogP) is 3.71. The van der Waals surface area contributed by atoms with E-state index in [1.165, 1.54) is 37.2 Å². The van der Waals surface area contributed by atoms with Crippen LogP contribution in [0.15, 0.2) is 35.5 Å². The van der Waals surface area contributed by atoms with Crippen LogP contribution in [0.3, 0.4) is 0 Å². The summed E-state index contributed by atoms with van der Waals surface area (Å²) in [6, 6.07) is 0. The maximum absolute atomic E-state index is 3.42. The van der Waals surface area contributed by atoms with E-state index in [9.17, 15) is 0 Å². The molecule has 0 aromatic heterocycles. The van der Waals surface area contributed by atoms with E-state index in [-0.39, 0.29) is 0 Å². The third-order valence-electron chi connectivity index (χ3n) is 4.92. The Kier molecular flexibility index (Phi) is 11.0. The molecular weight excluding hydrogens is 294 g/mol. The van der Waals surface area contributed by atoms with Gasteiger partial charge in [-0.3, -0.25) is 4.90 Å². The summed E-state index contributed by atoms with van der Waals surface area (Å²) in [6.45, 7) is 16.9. The summed E-state index contributed by atoms with van der Waals surface area (Å²) >= 11 is 0. The summed E-state index contributed by atoms with van der Waals surface area (Å²) in [4.78, 5) is 5.02. The molecule has 1 fully saturated rings. The van der Waals surface area contributed by atoms with Crippen LogP contribution in [0.2, 0.25) is 0 Å². The molecule has 1 saturated heterocycles. The maximum atomic E-state index is 3.42. The van der Waals surface area contributed by atoms with Crippen molar-refractivity contribution in [2.75, 3.05) is 52.9 Å². The number of piperazine rings is 1. The average Bonchev–Trinajstić information content (AvgIpc) is 2.62. The molecule has 1 aliphatic heterocycles. The van der Waals surface area contributed by atoms with Crippen LogP contribution in [0.5, 0.6) is 0 Å². The second kappa shape index (κ2) is 12.5. The van der Waals surface area contributed by atoms with Crippen molar-refractivity contribution in [3.63, 3.8) is 0 Å². The van der Waals surface area contributed by atoms with E-state index in [4.69, 9.17) is 0 Å². The van der Waals surface area contributed by atoms with Gasteiger partial charge in [-0.1, -0.05) is 50.1 Å². The van der Waals surface area contributed by atoms with Gasteiger partial charge in [0.05, 0.1) is 0 Å². The number of hydrogen-bond donors (Lipinski definition) is 1. The topological polar surface area (TPSA) is 18.5 Å². The first-order valence-electron chi connectivity index (χ1n) is 9.65. The van der Waals surface area contributed by atoms with Gasteiger partial charge in [-0.25, -0.2) is 0 Å². The van der Waals surface area contributed by atoms with Crippen molar-refractivity contribution in [3.8, 4) is 0 Å². The quantitative estimate of drug-likeness (QED) is 0.486. The maximum Gasteiger partial charge on any atom is 0.0228 e. The van der Waals surface area contributed by atoms with Crippen molar-refractivity contribution in [3.05, 3.63) is 35.5 Å². The van der Waals surface area contributed by atoms with Crippen molar-refractivity contribution < 1.29 is 0 Å². The molecular formula is C21H39N3. The first-order chi connectivity index (χ1) is 11.5. The number of allylic oxidation sites excluding steroid dienone is 4. The lowest BCUT2D eigenvalue weighted by molar-refractivity contribution is 0.210. The molecule has 0 bridgehead atoms. The standard InChI is InChI=1S/C21H39N3/c1-6-19(3)8-10-21(11-9-20(4)7-2)18-23(5)16-17-24-14-12-22-13-15-24/h6,9-11,20,22H,7-8,12-18H2,1-5H3. The smallest absolute Gasteiger partial charge is 0.0228 e. The second-order valence-electron chi connectivity index (χ2n) is 7.19. The van der Waals surface area contributed by atoms with Crippen LogP contribution in [-0.2, 0) is 0 Å². The highest BCUT2D eigenvalue weighted by molar-refractivity contribution is 5.23. The van der Waals surface area contributed by atoms with Crippen LogP contribution in [0.1, 0.15) is 40.5 Å². The van der Waals surface area contributed by atoms with E-state index >= 15 is 0 Å². The zero-order chi connectivity index (χ0) is 17.8. The Bertz CT molecular complexity index is 417. The Morgan fingerprint density at radius 2 is 2.00 bits per heavy atom. The molecule has 0 saturated carbocycles. The molecule has 0 aromatic carbocycles. The van der Waals surface area contributed by atoms with Gasteiger partial charge in [-0.2, -0.15) is 0 Å². The summed E-state index contributed by atoms with van der Waals surface area (Å²) in [6.07, 6.45) is 11.6. The van der Waals surface area contributed by atoms with Gasteiger partial charge in [0.25, 0.3) is 0 Å². The van der Waals surface area contributed by atoms with E-state index < -0.39 is 0 Å². The Hall–Kier alpha value is -0.900. The minimum atomic E-state index is 0.655. The number of nitrogens with zero attached hydrogens (tertiary/aromatic N) is 2. The van der Waals surface area contributed by atoms with E-state index in [2.05, 4.69) is 74.2 Å². The third kappa shape index (κ3) is 9.41. The lowest BCUT2D eigenvalue weighted by Crippen LogP contribution is -2.46. The fourth-order valence-electron chi connectivity index (χ4n) is 2.66. The Labute approximate surface area is 150 Å². The molecule has 3 nitrogen and oxygen atoms in total. The first-order valence-corrected chi connectivity index (χ1v) is 9.65. The van der Waals surface area contributed by atoms with E-state index in [1.807, 2.05) is 0 Å². The van der Waals surface area contributed by atoms with Crippen LogP contribution in [0.4, 0.5) is 0 Å². The Morgan fingerprint density at radius 3 is 2.62 bits per heavy atom. The molecule has 1 N–H and O–H groups in total. The molecule has 1 unspecified atom stereocenters. The molecule has 1 aliphatic rings. The van der Waals surface area contributed by atoms with Gasteiger partial charge in [-0.15, -0.1) is 0 Å². The zero-order valence-electron chi connectivity index (χ0n) is 16.6. The molecule has 3 heteroatoms. The summed E-state index contributed by atoms with van der Waals surface area (Å²) in [7, 11) is 2.25. The Balaban J connectivity index is 2.53. The van der Waals surface area contributed by atoms with Gasteiger partial charge in [0.15, 0.2) is 0 Å². The van der Waals surface area contributed by atoms with Crippen LogP contribution >= 0.6 is 0 Å². The molecule has 0 aromatic rings. The van der Waals surface area contributed by atoms with Gasteiger partial charge in [0, 0.05) is 45.8 Å². The Morgan fingerprint density at radius 1 is 1.29 bits per heavy atom. The summed E-state index contributed by atoms with van der Waals surface area (Å²) in [5.41, 5.74) is 2.88. The molecule has 138 valence electrons. The van der Waals surface area contributed by atoms with Crippen molar-refractivity contribution in [2.45, 2.75) is 40.5 Å². The highest BCUT2D eigenvalue weighted by Gasteiger charge is 2.10. The second-order valence-corrected chi connectivity index (χ2v) is 7.19. The highest BCUT2D eigenvalue weighted by Crippen LogP contribution is 2.10. The molecule has 1 rings (SSSR count). The van der Waals surface area contributed by atoms with Crippen LogP contribution in [0, 0.1) is 5.92 Å². The van der Waals surface area contributed by atoms with Crippen molar-refractivity contribution >= 4 is 0 Å². The van der Waals surface area contributed by atoms with Crippen molar-refractivity contribution in [1.29, 1.82) is 0 Å². The van der Waals surface area contributed by atoms with E-state index in [1.54, 1.807) is 0 Å². The molecule has 0 aliphatic carbocycles. The summed E-state index contributed by atoms with van der Waals surface area (Å²) in [5, 5.41) is 3.42. The van der Waals surface area contributed by atoms with Crippen LogP contribution in [0.25, 0.3) is 0 Å². The van der Waals surface area contributed by atoms with Gasteiger partial charge >= 0.3 is 0 Å². The fraction of sp³-hybridized carbons (Fsp3) is 0.714. The number of nitrogens with one attached hydrogen (secondary N) is 1. The normalized spacial score (nSPS) is 19.4. The SMILES string of the molecule is CC=C(C)CC=C(C=CC(C)CC)CN(C)CCN1CCNCC1. The van der Waals surface area contributed by atoms with Gasteiger partial charge in [0.1, 0.15) is 0 Å². The summed E-state index contributed by atoms with van der Waals surface area (Å²) in [5.74, 6) is 0.655. The highest BCUT2D eigenvalue weighted by atomic mass is 15.2. The minimum absolute atomic E-state index is 0.655. The average molecular weight is 334 g/mol. The number of rotatable bonds is 10. The van der Waals surface area contributed by atoms with E-state index in [0.717, 1.165) is 32.6 Å².